The Bertz CT molecular complexity index is 1500. The Balaban J connectivity index is 1.52. The van der Waals surface area contributed by atoms with Crippen molar-refractivity contribution >= 4 is 45.9 Å². The number of esters is 1. The summed E-state index contributed by atoms with van der Waals surface area (Å²) in [6.45, 7) is -0.837. The fourth-order valence-electron chi connectivity index (χ4n) is 4.19. The Morgan fingerprint density at radius 1 is 1.21 bits per heavy atom. The molecule has 2 heterocycles. The molecule has 4 N–H and O–H groups in total. The third-order valence-corrected chi connectivity index (χ3v) is 6.16. The second kappa shape index (κ2) is 11.2. The minimum Gasteiger partial charge on any atom is -0.853 e. The van der Waals surface area contributed by atoms with Crippen LogP contribution in [0.15, 0.2) is 58.3 Å². The monoisotopic (exact) mass is 520 g/mol. The van der Waals surface area contributed by atoms with Crippen LogP contribution in [0.1, 0.15) is 17.5 Å². The number of carbonyl (C=O) groups excluding carboxylic acids is 3. The van der Waals surface area contributed by atoms with Crippen LogP contribution in [-0.2, 0) is 32.2 Å². The van der Waals surface area contributed by atoms with Crippen LogP contribution in [-0.4, -0.2) is 59.7 Å². The fraction of sp³-hybridized carbons (Fsp3) is 0.269. The average Bonchev–Trinajstić information content (AvgIpc) is 3.28. The predicted molar refractivity (Wildman–Crippen MR) is 138 cm³/mol. The van der Waals surface area contributed by atoms with E-state index in [-0.39, 0.29) is 18.8 Å². The smallest absolute Gasteiger partial charge is 0.325 e. The van der Waals surface area contributed by atoms with Crippen molar-refractivity contribution in [1.29, 1.82) is 0 Å². The van der Waals surface area contributed by atoms with Gasteiger partial charge in [0.15, 0.2) is 0 Å². The molecule has 1 aliphatic heterocycles. The standard InChI is InChI=1S/C26H26N5O7/c1-38-24(36)14-31-20-11-18(5-2-15(20)3-7-22(31)34)30(8-9-32)23(35)12-21(33)26(37)29-17-4-6-19-16(10-17)13-28-25(19)27/h2-7,10-11,21,33H,8-9,12-14H2,1H3,(H2,27,28)(H,29,37)/q-1/t21-/m1/s1. The van der Waals surface area contributed by atoms with E-state index < -0.39 is 42.5 Å². The highest BCUT2D eigenvalue weighted by atomic mass is 16.5. The number of benzene rings is 2. The van der Waals surface area contributed by atoms with E-state index >= 15 is 0 Å². The maximum atomic E-state index is 13.1. The average molecular weight is 521 g/mol. The van der Waals surface area contributed by atoms with Crippen LogP contribution in [0.4, 0.5) is 11.4 Å². The molecule has 0 fully saturated rings. The highest BCUT2D eigenvalue weighted by Crippen LogP contribution is 2.24. The summed E-state index contributed by atoms with van der Waals surface area (Å²) < 4.78 is 5.86. The van der Waals surface area contributed by atoms with Crippen LogP contribution in [0.2, 0.25) is 0 Å². The molecule has 0 spiro atoms. The van der Waals surface area contributed by atoms with Gasteiger partial charge in [0.2, 0.25) is 5.91 Å². The van der Waals surface area contributed by atoms with Gasteiger partial charge in [-0.25, -0.2) is 0 Å². The van der Waals surface area contributed by atoms with Crippen molar-refractivity contribution in [3.63, 3.8) is 0 Å². The number of ether oxygens (including phenoxy) is 1. The number of hydrogen-bond acceptors (Lipinski definition) is 9. The van der Waals surface area contributed by atoms with E-state index in [1.807, 2.05) is 0 Å². The Hall–Kier alpha value is -4.55. The number of amidine groups is 1. The predicted octanol–water partition coefficient (Wildman–Crippen LogP) is -0.524. The molecule has 1 aliphatic rings. The van der Waals surface area contributed by atoms with Crippen LogP contribution in [0.25, 0.3) is 10.9 Å². The number of methoxy groups -OCH3 is 1. The van der Waals surface area contributed by atoms with Gasteiger partial charge in [-0.3, -0.25) is 28.7 Å². The lowest BCUT2D eigenvalue weighted by atomic mass is 10.1. The summed E-state index contributed by atoms with van der Waals surface area (Å²) in [5.41, 5.74) is 7.99. The van der Waals surface area contributed by atoms with Gasteiger partial charge in [-0.15, -0.1) is 6.61 Å². The number of aliphatic hydroxyl groups is 1. The van der Waals surface area contributed by atoms with Gasteiger partial charge in [-0.2, -0.15) is 0 Å². The molecule has 1 atom stereocenters. The molecule has 38 heavy (non-hydrogen) atoms. The quantitative estimate of drug-likeness (QED) is 0.315. The summed E-state index contributed by atoms with van der Waals surface area (Å²) in [5.74, 6) is -1.68. The van der Waals surface area contributed by atoms with Gasteiger partial charge in [-0.05, 0) is 47.3 Å². The zero-order chi connectivity index (χ0) is 27.4. The third-order valence-electron chi connectivity index (χ3n) is 6.16. The van der Waals surface area contributed by atoms with Gasteiger partial charge in [0.1, 0.15) is 18.5 Å². The van der Waals surface area contributed by atoms with Gasteiger partial charge in [0, 0.05) is 29.5 Å². The Morgan fingerprint density at radius 3 is 2.71 bits per heavy atom. The van der Waals surface area contributed by atoms with E-state index in [9.17, 15) is 29.4 Å². The number of pyridine rings is 1. The molecule has 0 saturated carbocycles. The van der Waals surface area contributed by atoms with Crippen LogP contribution < -0.4 is 26.6 Å². The van der Waals surface area contributed by atoms with E-state index in [1.54, 1.807) is 36.4 Å². The number of aliphatic imine (C=N–C) groups is 1. The number of fused-ring (bicyclic) bond motifs is 2. The van der Waals surface area contributed by atoms with E-state index in [1.165, 1.54) is 23.8 Å². The molecule has 198 valence electrons. The van der Waals surface area contributed by atoms with Crippen molar-refractivity contribution in [2.75, 3.05) is 30.5 Å². The SMILES string of the molecule is COC(=O)Cn1c(=O)ccc2ccc(N(CC[O-])C(=O)C[C@@H](O)C(=O)Nc3ccc4c(c3)CN=C4N)cc21. The topological polar surface area (TPSA) is 179 Å². The van der Waals surface area contributed by atoms with Crippen molar-refractivity contribution in [2.24, 2.45) is 10.7 Å². The first-order chi connectivity index (χ1) is 18.2. The first-order valence-corrected chi connectivity index (χ1v) is 11.7. The van der Waals surface area contributed by atoms with Gasteiger partial charge in [0.05, 0.1) is 25.6 Å². The van der Waals surface area contributed by atoms with Crippen molar-refractivity contribution in [3.8, 4) is 0 Å². The first-order valence-electron chi connectivity index (χ1n) is 11.7. The summed E-state index contributed by atoms with van der Waals surface area (Å²) in [6.07, 6.45) is -2.28. The van der Waals surface area contributed by atoms with Crippen LogP contribution >= 0.6 is 0 Å². The van der Waals surface area contributed by atoms with Crippen molar-refractivity contribution in [1.82, 2.24) is 4.57 Å². The number of hydrogen-bond donors (Lipinski definition) is 3. The van der Waals surface area contributed by atoms with E-state index in [2.05, 4.69) is 15.0 Å². The van der Waals surface area contributed by atoms with E-state index in [0.29, 0.717) is 29.0 Å². The van der Waals surface area contributed by atoms with Gasteiger partial charge in [0.25, 0.3) is 11.5 Å². The second-order valence-corrected chi connectivity index (χ2v) is 8.61. The fourth-order valence-corrected chi connectivity index (χ4v) is 4.19. The molecule has 12 nitrogen and oxygen atoms in total. The molecular formula is C26H26N5O7-. The minimum absolute atomic E-state index is 0.237. The molecule has 0 bridgehead atoms. The van der Waals surface area contributed by atoms with Gasteiger partial charge >= 0.3 is 5.97 Å². The maximum absolute atomic E-state index is 13.1. The number of aliphatic hydroxyl groups excluding tert-OH is 1. The summed E-state index contributed by atoms with van der Waals surface area (Å²) in [5, 5.41) is 25.1. The molecule has 4 rings (SSSR count). The Kier molecular flexibility index (Phi) is 7.84. The summed E-state index contributed by atoms with van der Waals surface area (Å²) in [7, 11) is 1.20. The van der Waals surface area contributed by atoms with Crippen molar-refractivity contribution in [2.45, 2.75) is 25.6 Å². The third kappa shape index (κ3) is 5.56. The second-order valence-electron chi connectivity index (χ2n) is 8.61. The van der Waals surface area contributed by atoms with Crippen LogP contribution in [0.3, 0.4) is 0 Å². The molecule has 2 aromatic carbocycles. The molecule has 1 aromatic heterocycles. The van der Waals surface area contributed by atoms with Crippen molar-refractivity contribution < 1.29 is 29.3 Å². The van der Waals surface area contributed by atoms with Crippen molar-refractivity contribution in [3.05, 3.63) is 70.0 Å². The first kappa shape index (κ1) is 26.5. The molecule has 0 saturated heterocycles. The Morgan fingerprint density at radius 2 is 1.97 bits per heavy atom. The number of aromatic nitrogens is 1. The minimum atomic E-state index is -1.69. The molecule has 0 aliphatic carbocycles. The van der Waals surface area contributed by atoms with Crippen LogP contribution in [0, 0.1) is 0 Å². The van der Waals surface area contributed by atoms with Crippen LogP contribution in [0.5, 0.6) is 0 Å². The molecule has 3 aromatic rings. The highest BCUT2D eigenvalue weighted by molar-refractivity contribution is 6.03. The molecule has 12 heteroatoms. The zero-order valence-electron chi connectivity index (χ0n) is 20.5. The van der Waals surface area contributed by atoms with E-state index in [4.69, 9.17) is 5.73 Å². The molecule has 0 unspecified atom stereocenters. The number of nitrogens with zero attached hydrogens (tertiary/aromatic N) is 3. The molecule has 0 radical (unpaired) electrons. The van der Waals surface area contributed by atoms with Gasteiger partial charge < -0.3 is 30.9 Å². The normalized spacial score (nSPS) is 13.0. The number of carbonyl (C=O) groups is 3. The lowest BCUT2D eigenvalue weighted by molar-refractivity contribution is -0.363. The lowest BCUT2D eigenvalue weighted by Gasteiger charge is -2.26. The number of amides is 2. The zero-order valence-corrected chi connectivity index (χ0v) is 20.5. The Labute approximate surface area is 217 Å². The number of nitrogens with two attached hydrogens (primary N) is 1. The van der Waals surface area contributed by atoms with Gasteiger partial charge in [-0.1, -0.05) is 6.07 Å². The number of rotatable bonds is 9. The summed E-state index contributed by atoms with van der Waals surface area (Å²) in [6, 6.07) is 12.6. The largest absolute Gasteiger partial charge is 0.853 e. The number of anilines is 2. The lowest BCUT2D eigenvalue weighted by Crippen LogP contribution is -2.40. The summed E-state index contributed by atoms with van der Waals surface area (Å²) in [4.78, 5) is 55.2. The van der Waals surface area contributed by atoms with E-state index in [0.717, 1.165) is 16.0 Å². The summed E-state index contributed by atoms with van der Waals surface area (Å²) >= 11 is 0. The maximum Gasteiger partial charge on any atom is 0.325 e. The number of nitrogens with one attached hydrogen (secondary N) is 1. The highest BCUT2D eigenvalue weighted by Gasteiger charge is 2.24. The molecular weight excluding hydrogens is 494 g/mol. The molecule has 2 amide bonds.